The van der Waals surface area contributed by atoms with Crippen LogP contribution in [0, 0.1) is 0 Å². The van der Waals surface area contributed by atoms with E-state index in [1.807, 2.05) is 13.0 Å². The first-order valence-electron chi connectivity index (χ1n) is 9.58. The van der Waals surface area contributed by atoms with Gasteiger partial charge in [-0.3, -0.25) is 0 Å². The van der Waals surface area contributed by atoms with Crippen LogP contribution in [0.25, 0.3) is 0 Å². The second-order valence-electron chi connectivity index (χ2n) is 10.4. The molecule has 0 heterocycles. The minimum atomic E-state index is -1.86. The average Bonchev–Trinajstić information content (AvgIpc) is 2.34. The molecule has 0 amide bonds. The predicted octanol–water partition coefficient (Wildman–Crippen LogP) is 6.12. The van der Waals surface area contributed by atoms with Crippen molar-refractivity contribution in [1.29, 1.82) is 0 Å². The van der Waals surface area contributed by atoms with Gasteiger partial charge in [-0.15, -0.1) is 0 Å². The summed E-state index contributed by atoms with van der Waals surface area (Å²) in [6.45, 7) is 27.2. The zero-order chi connectivity index (χ0) is 20.3. The van der Waals surface area contributed by atoms with Gasteiger partial charge < -0.3 is 14.0 Å². The van der Waals surface area contributed by atoms with E-state index in [4.69, 9.17) is 8.85 Å². The molecule has 0 saturated carbocycles. The van der Waals surface area contributed by atoms with Gasteiger partial charge in [-0.25, -0.2) is 0 Å². The molecule has 0 aromatic carbocycles. The molecule has 25 heavy (non-hydrogen) atoms. The molecule has 0 aromatic heterocycles. The summed E-state index contributed by atoms with van der Waals surface area (Å²) >= 11 is 0. The van der Waals surface area contributed by atoms with Crippen LogP contribution < -0.4 is 0 Å². The van der Waals surface area contributed by atoms with Crippen LogP contribution in [0.1, 0.15) is 61.8 Å². The van der Waals surface area contributed by atoms with E-state index in [1.165, 1.54) is 0 Å². The molecule has 5 heteroatoms. The van der Waals surface area contributed by atoms with E-state index in [-0.39, 0.29) is 16.2 Å². The van der Waals surface area contributed by atoms with Crippen LogP contribution in [0.4, 0.5) is 0 Å². The lowest BCUT2D eigenvalue weighted by Crippen LogP contribution is -2.45. The monoisotopic (exact) mass is 388 g/mol. The van der Waals surface area contributed by atoms with Gasteiger partial charge >= 0.3 is 0 Å². The Morgan fingerprint density at radius 2 is 1.40 bits per heavy atom. The molecule has 0 aliphatic heterocycles. The summed E-state index contributed by atoms with van der Waals surface area (Å²) in [4.78, 5) is 0. The molecular formula is C20H44O3Si2. The number of rotatable bonds is 8. The van der Waals surface area contributed by atoms with Crippen molar-refractivity contribution in [1.82, 2.24) is 0 Å². The number of hydrogen-bond donors (Lipinski definition) is 1. The maximum Gasteiger partial charge on any atom is 0.192 e. The smallest absolute Gasteiger partial charge is 0.192 e. The van der Waals surface area contributed by atoms with E-state index < -0.39 is 22.7 Å². The van der Waals surface area contributed by atoms with Crippen molar-refractivity contribution in [2.75, 3.05) is 6.61 Å². The molecule has 0 fully saturated rings. The fraction of sp³-hybridized carbons (Fsp3) is 0.900. The van der Waals surface area contributed by atoms with E-state index in [1.54, 1.807) is 0 Å². The van der Waals surface area contributed by atoms with E-state index in [0.717, 1.165) is 18.6 Å². The summed E-state index contributed by atoms with van der Waals surface area (Å²) in [6.07, 6.45) is 2.04. The average molecular weight is 389 g/mol. The van der Waals surface area contributed by atoms with Gasteiger partial charge in [0.15, 0.2) is 16.6 Å². The molecule has 0 spiro atoms. The lowest BCUT2D eigenvalue weighted by atomic mass is 10.1. The Balaban J connectivity index is 4.64. The molecule has 0 unspecified atom stereocenters. The Labute approximate surface area is 159 Å². The van der Waals surface area contributed by atoms with Crippen molar-refractivity contribution in [2.24, 2.45) is 0 Å². The van der Waals surface area contributed by atoms with Gasteiger partial charge in [0, 0.05) is 6.61 Å². The zero-order valence-electron chi connectivity index (χ0n) is 18.9. The summed E-state index contributed by atoms with van der Waals surface area (Å²) in [6, 6.07) is 0. The highest BCUT2D eigenvalue weighted by molar-refractivity contribution is 6.74. The Morgan fingerprint density at radius 1 is 0.960 bits per heavy atom. The summed E-state index contributed by atoms with van der Waals surface area (Å²) in [5.74, 6) is 0. The Kier molecular flexibility index (Phi) is 8.85. The first kappa shape index (κ1) is 25.1. The lowest BCUT2D eigenvalue weighted by Gasteiger charge is -2.39. The van der Waals surface area contributed by atoms with Gasteiger partial charge in [-0.1, -0.05) is 53.2 Å². The molecule has 0 saturated heterocycles. The highest BCUT2D eigenvalue weighted by atomic mass is 28.4. The Hall–Kier alpha value is 0.0538. The zero-order valence-corrected chi connectivity index (χ0v) is 20.9. The van der Waals surface area contributed by atoms with Crippen LogP contribution in [0.15, 0.2) is 11.6 Å². The maximum atomic E-state index is 10.5. The van der Waals surface area contributed by atoms with Crippen LogP contribution in [-0.2, 0) is 8.85 Å². The van der Waals surface area contributed by atoms with Crippen molar-refractivity contribution in [3.8, 4) is 0 Å². The molecule has 0 radical (unpaired) electrons. The van der Waals surface area contributed by atoms with Gasteiger partial charge in [0.1, 0.15) is 0 Å². The normalized spacial score (nSPS) is 17.6. The second kappa shape index (κ2) is 8.83. The van der Waals surface area contributed by atoms with Crippen molar-refractivity contribution >= 4 is 16.6 Å². The van der Waals surface area contributed by atoms with Crippen molar-refractivity contribution in [3.05, 3.63) is 11.6 Å². The molecule has 150 valence electrons. The third-order valence-corrected chi connectivity index (χ3v) is 15.1. The van der Waals surface area contributed by atoms with Gasteiger partial charge in [0.05, 0.1) is 12.2 Å². The molecule has 0 bridgehead atoms. The van der Waals surface area contributed by atoms with Crippen LogP contribution in [0.5, 0.6) is 0 Å². The highest BCUT2D eigenvalue weighted by Crippen LogP contribution is 2.38. The van der Waals surface area contributed by atoms with Crippen molar-refractivity contribution in [2.45, 2.75) is 110 Å². The molecular weight excluding hydrogens is 344 g/mol. The first-order valence-corrected chi connectivity index (χ1v) is 15.4. The molecule has 0 aliphatic carbocycles. The topological polar surface area (TPSA) is 38.7 Å². The number of aliphatic hydroxyl groups excluding tert-OH is 1. The largest absolute Gasteiger partial charge is 0.417 e. The summed E-state index contributed by atoms with van der Waals surface area (Å²) < 4.78 is 12.5. The van der Waals surface area contributed by atoms with Gasteiger partial charge in [-0.2, -0.15) is 0 Å². The van der Waals surface area contributed by atoms with Crippen molar-refractivity contribution < 1.29 is 14.0 Å². The third kappa shape index (κ3) is 8.08. The standard InChI is InChI=1S/C20H44O3Si2/c1-16(13-14-22-24(9,10)19(3,4)5)15-18(21)17(2)23-25(11,12)20(6,7)8/h15,17-18,21H,13-14H2,1-12H3/b16-15+/t17-,18-/m0/s1. The quantitative estimate of drug-likeness (QED) is 0.402. The SMILES string of the molecule is C/C(=C\[C@H](O)[C@H](C)O[Si](C)(C)C(C)(C)C)CCO[Si](C)(C)C(C)(C)C. The number of hydrogen-bond acceptors (Lipinski definition) is 3. The van der Waals surface area contributed by atoms with Gasteiger partial charge in [-0.05, 0) is 56.5 Å². The summed E-state index contributed by atoms with van der Waals surface area (Å²) in [7, 11) is -3.56. The predicted molar refractivity (Wildman–Crippen MR) is 115 cm³/mol. The van der Waals surface area contributed by atoms with Crippen LogP contribution in [-0.4, -0.2) is 40.6 Å². The van der Waals surface area contributed by atoms with E-state index in [9.17, 15) is 5.11 Å². The molecule has 0 aromatic rings. The number of aliphatic hydroxyl groups is 1. The molecule has 0 aliphatic rings. The van der Waals surface area contributed by atoms with E-state index in [0.29, 0.717) is 0 Å². The first-order chi connectivity index (χ1) is 10.9. The minimum absolute atomic E-state index is 0.150. The maximum absolute atomic E-state index is 10.5. The lowest BCUT2D eigenvalue weighted by molar-refractivity contribution is 0.0686. The van der Waals surface area contributed by atoms with Crippen LogP contribution in [0.2, 0.25) is 36.3 Å². The fourth-order valence-corrected chi connectivity index (χ4v) is 4.37. The van der Waals surface area contributed by atoms with Crippen LogP contribution >= 0.6 is 0 Å². The van der Waals surface area contributed by atoms with Crippen molar-refractivity contribution in [3.63, 3.8) is 0 Å². The van der Waals surface area contributed by atoms with Gasteiger partial charge in [0.25, 0.3) is 0 Å². The third-order valence-electron chi connectivity index (χ3n) is 5.99. The summed E-state index contributed by atoms with van der Waals surface area (Å²) in [5, 5.41) is 10.9. The van der Waals surface area contributed by atoms with E-state index >= 15 is 0 Å². The van der Waals surface area contributed by atoms with E-state index in [2.05, 4.69) is 74.7 Å². The Bertz CT molecular complexity index is 443. The second-order valence-corrected chi connectivity index (χ2v) is 20.0. The minimum Gasteiger partial charge on any atom is -0.417 e. The molecule has 0 rings (SSSR count). The Morgan fingerprint density at radius 3 is 1.80 bits per heavy atom. The summed E-state index contributed by atoms with van der Waals surface area (Å²) in [5.41, 5.74) is 1.16. The molecule has 1 N–H and O–H groups in total. The van der Waals surface area contributed by atoms with Crippen LogP contribution in [0.3, 0.4) is 0 Å². The highest BCUT2D eigenvalue weighted by Gasteiger charge is 2.39. The van der Waals surface area contributed by atoms with Gasteiger partial charge in [0.2, 0.25) is 0 Å². The fourth-order valence-electron chi connectivity index (χ4n) is 1.91. The molecule has 2 atom stereocenters. The molecule has 3 nitrogen and oxygen atoms in total.